The van der Waals surface area contributed by atoms with E-state index in [0.717, 1.165) is 32.1 Å². The van der Waals surface area contributed by atoms with E-state index in [1.165, 1.54) is 0 Å². The molecule has 12 nitrogen and oxygen atoms in total. The van der Waals surface area contributed by atoms with E-state index >= 15 is 0 Å². The zero-order chi connectivity index (χ0) is 35.9. The Hall–Kier alpha value is -0.930. The third-order valence-electron chi connectivity index (χ3n) is 15.3. The van der Waals surface area contributed by atoms with E-state index in [4.69, 9.17) is 9.47 Å². The summed E-state index contributed by atoms with van der Waals surface area (Å²) >= 11 is 0. The molecule has 4 saturated carbocycles. The molecule has 278 valence electrons. The molecule has 0 unspecified atom stereocenters. The van der Waals surface area contributed by atoms with E-state index in [-0.39, 0.29) is 47.3 Å². The second-order valence-electron chi connectivity index (χ2n) is 17.7. The lowest BCUT2D eigenvalue weighted by Crippen LogP contribution is -2.68. The van der Waals surface area contributed by atoms with Gasteiger partial charge in [0.2, 0.25) is 6.29 Å². The molecule has 5 fully saturated rings. The van der Waals surface area contributed by atoms with Crippen molar-refractivity contribution < 1.29 is 60.2 Å². The van der Waals surface area contributed by atoms with Crippen LogP contribution in [0.2, 0.25) is 0 Å². The summed E-state index contributed by atoms with van der Waals surface area (Å²) in [6, 6.07) is 0. The average molecular weight is 687 g/mol. The van der Waals surface area contributed by atoms with Gasteiger partial charge in [-0.25, -0.2) is 0 Å². The minimum atomic E-state index is -1.77. The summed E-state index contributed by atoms with van der Waals surface area (Å²) in [6.07, 6.45) is -7.13. The first kappa shape index (κ1) is 38.3. The monoisotopic (exact) mass is 686 g/mol. The second kappa shape index (κ2) is 12.9. The fourth-order valence-electron chi connectivity index (χ4n) is 11.7. The van der Waals surface area contributed by atoms with Gasteiger partial charge in [0.15, 0.2) is 0 Å². The largest absolute Gasteiger partial charge is 0.432 e. The lowest BCUT2D eigenvalue weighted by atomic mass is 9.37. The molecular formula is C36H62O12. The third-order valence-corrected chi connectivity index (χ3v) is 15.3. The van der Waals surface area contributed by atoms with Crippen LogP contribution in [0.5, 0.6) is 0 Å². The summed E-state index contributed by atoms with van der Waals surface area (Å²) in [5.74, 6) is -0.971. The predicted molar refractivity (Wildman–Crippen MR) is 173 cm³/mol. The maximum absolute atomic E-state index is 14.1. The Morgan fingerprint density at radius 3 is 2.10 bits per heavy atom. The number of aliphatic hydroxyl groups is 9. The minimum Gasteiger partial charge on any atom is -0.432 e. The predicted octanol–water partition coefficient (Wildman–Crippen LogP) is 0.845. The first-order chi connectivity index (χ1) is 22.1. The summed E-state index contributed by atoms with van der Waals surface area (Å²) in [5.41, 5.74) is -3.79. The summed E-state index contributed by atoms with van der Waals surface area (Å²) in [6.45, 7) is 12.8. The minimum absolute atomic E-state index is 0.0344. The van der Waals surface area contributed by atoms with Gasteiger partial charge in [-0.1, -0.05) is 27.7 Å². The van der Waals surface area contributed by atoms with Crippen molar-refractivity contribution in [2.45, 2.75) is 161 Å². The summed E-state index contributed by atoms with van der Waals surface area (Å²) in [7, 11) is 0. The van der Waals surface area contributed by atoms with Gasteiger partial charge in [0.1, 0.15) is 24.4 Å². The highest BCUT2D eigenvalue weighted by Crippen LogP contribution is 2.74. The Labute approximate surface area is 284 Å². The number of carbonyl (C=O) groups is 1. The third kappa shape index (κ3) is 5.60. The van der Waals surface area contributed by atoms with Gasteiger partial charge in [0.25, 0.3) is 0 Å². The van der Waals surface area contributed by atoms with Crippen LogP contribution in [0.4, 0.5) is 0 Å². The van der Waals surface area contributed by atoms with Crippen LogP contribution in [0.1, 0.15) is 99.8 Å². The Morgan fingerprint density at radius 1 is 0.875 bits per heavy atom. The van der Waals surface area contributed by atoms with Crippen LogP contribution in [0, 0.1) is 51.2 Å². The van der Waals surface area contributed by atoms with Crippen molar-refractivity contribution in [3.8, 4) is 0 Å². The van der Waals surface area contributed by atoms with Crippen molar-refractivity contribution in [1.82, 2.24) is 0 Å². The van der Waals surface area contributed by atoms with Gasteiger partial charge in [-0.05, 0) is 99.7 Å². The molecule has 18 atom stereocenters. The number of carbonyl (C=O) groups excluding carboxylic acids is 1. The topological polar surface area (TPSA) is 218 Å². The number of ether oxygens (including phenoxy) is 2. The normalized spacial score (nSPS) is 51.2. The molecule has 5 aliphatic rings. The van der Waals surface area contributed by atoms with E-state index in [0.29, 0.717) is 6.42 Å². The summed E-state index contributed by atoms with van der Waals surface area (Å²) in [5, 5.41) is 96.0. The van der Waals surface area contributed by atoms with Gasteiger partial charge < -0.3 is 55.4 Å². The van der Waals surface area contributed by atoms with E-state index in [1.54, 1.807) is 20.8 Å². The van der Waals surface area contributed by atoms with Crippen molar-refractivity contribution in [2.24, 2.45) is 51.2 Å². The molecule has 9 N–H and O–H groups in total. The Kier molecular flexibility index (Phi) is 10.3. The molecule has 12 heteroatoms. The van der Waals surface area contributed by atoms with Crippen LogP contribution in [0.25, 0.3) is 0 Å². The Bertz CT molecular complexity index is 1180. The maximum Gasteiger partial charge on any atom is 0.317 e. The van der Waals surface area contributed by atoms with Gasteiger partial charge in [-0.15, -0.1) is 0 Å². The molecule has 0 aromatic carbocycles. The zero-order valence-electron chi connectivity index (χ0n) is 29.7. The molecule has 48 heavy (non-hydrogen) atoms. The lowest BCUT2D eigenvalue weighted by molar-refractivity contribution is -0.303. The zero-order valence-corrected chi connectivity index (χ0v) is 29.7. The van der Waals surface area contributed by atoms with Crippen molar-refractivity contribution in [3.05, 3.63) is 0 Å². The molecule has 1 heterocycles. The fraction of sp³-hybridized carbons (Fsp3) is 0.972. The molecule has 5 rings (SSSR count). The van der Waals surface area contributed by atoms with Crippen molar-refractivity contribution >= 4 is 5.97 Å². The van der Waals surface area contributed by atoms with Crippen molar-refractivity contribution in [1.29, 1.82) is 0 Å². The Morgan fingerprint density at radius 2 is 1.50 bits per heavy atom. The van der Waals surface area contributed by atoms with E-state index < -0.39 is 90.0 Å². The first-order valence-corrected chi connectivity index (χ1v) is 18.1. The van der Waals surface area contributed by atoms with E-state index in [9.17, 15) is 50.8 Å². The van der Waals surface area contributed by atoms with Crippen LogP contribution in [-0.2, 0) is 14.3 Å². The highest BCUT2D eigenvalue weighted by Gasteiger charge is 2.71. The molecular weight excluding hydrogens is 624 g/mol. The second-order valence-corrected chi connectivity index (χ2v) is 17.7. The highest BCUT2D eigenvalue weighted by atomic mass is 16.7. The number of fused-ring (bicyclic) bond motifs is 5. The quantitative estimate of drug-likeness (QED) is 0.162. The molecule has 4 aliphatic carbocycles. The van der Waals surface area contributed by atoms with Gasteiger partial charge in [-0.3, -0.25) is 4.79 Å². The van der Waals surface area contributed by atoms with Gasteiger partial charge >= 0.3 is 5.97 Å². The van der Waals surface area contributed by atoms with Crippen LogP contribution < -0.4 is 0 Å². The highest BCUT2D eigenvalue weighted by molar-refractivity contribution is 5.78. The lowest BCUT2D eigenvalue weighted by Gasteiger charge is -2.68. The number of hydrogen-bond acceptors (Lipinski definition) is 12. The van der Waals surface area contributed by atoms with Crippen molar-refractivity contribution in [3.63, 3.8) is 0 Å². The number of esters is 1. The maximum atomic E-state index is 14.1. The number of hydrogen-bond donors (Lipinski definition) is 9. The van der Waals surface area contributed by atoms with E-state index in [2.05, 4.69) is 13.8 Å². The standard InChI is InChI=1S/C36H62O12/c1-17(21(38)14-24(39)32(2,3)46)18-10-12-34(5)19-8-9-23-35(6,20(19)11-13-33(18,34)4)25(40)15-26(41)36(23,7)31(45)48-30-29(44)28(43)27(42)22(16-37)47-30/h17-30,37-44,46H,8-16H2,1-7H3/t17-,18-,19-,20+,21+,22-,23+,24-,25+,26-,27-,28+,29-,30+,33-,34+,35-,36-/m0/s1. The van der Waals surface area contributed by atoms with Crippen LogP contribution in [0.15, 0.2) is 0 Å². The fourth-order valence-corrected chi connectivity index (χ4v) is 11.7. The molecule has 1 aliphatic heterocycles. The SMILES string of the molecule is C[C@H]([C@H](O)C[C@H](O)C(C)(C)O)[C@@H]1CC[C@]2(C)[C@H]3CC[C@H]4[C@](C)(C(=O)O[C@H]5O[C@@H](CO)[C@H](O)[C@@H](O)[C@@H]5O)[C@@H](O)C[C@@H](O)[C@@]4(C)[C@@H]3CC[C@@]12C. The molecule has 0 spiro atoms. The van der Waals surface area contributed by atoms with Gasteiger partial charge in [0, 0.05) is 18.3 Å². The molecule has 0 aromatic heterocycles. The van der Waals surface area contributed by atoms with Crippen molar-refractivity contribution in [2.75, 3.05) is 6.61 Å². The molecule has 0 radical (unpaired) electrons. The average Bonchev–Trinajstić information content (AvgIpc) is 3.30. The molecule has 0 bridgehead atoms. The van der Waals surface area contributed by atoms with Gasteiger partial charge in [0.05, 0.1) is 42.0 Å². The first-order valence-electron chi connectivity index (χ1n) is 18.1. The van der Waals surface area contributed by atoms with Crippen LogP contribution in [-0.4, -0.2) is 119 Å². The smallest absolute Gasteiger partial charge is 0.317 e. The van der Waals surface area contributed by atoms with Crippen LogP contribution in [0.3, 0.4) is 0 Å². The Balaban J connectivity index is 1.39. The summed E-state index contributed by atoms with van der Waals surface area (Å²) < 4.78 is 11.1. The number of rotatable bonds is 8. The molecule has 1 saturated heterocycles. The number of aliphatic hydroxyl groups excluding tert-OH is 8. The van der Waals surface area contributed by atoms with Gasteiger partial charge in [-0.2, -0.15) is 0 Å². The summed E-state index contributed by atoms with van der Waals surface area (Å²) in [4.78, 5) is 14.1. The van der Waals surface area contributed by atoms with E-state index in [1.807, 2.05) is 13.8 Å². The van der Waals surface area contributed by atoms with Crippen LogP contribution >= 0.6 is 0 Å². The molecule has 0 aromatic rings. The molecule has 0 amide bonds.